The van der Waals surface area contributed by atoms with Crippen molar-refractivity contribution in [2.24, 2.45) is 11.5 Å². The Hall–Kier alpha value is -1.55. The van der Waals surface area contributed by atoms with Crippen molar-refractivity contribution in [3.8, 4) is 0 Å². The average Bonchev–Trinajstić information content (AvgIpc) is 2.38. The average molecular weight is 247 g/mol. The van der Waals surface area contributed by atoms with Crippen LogP contribution in [0.1, 0.15) is 30.4 Å². The van der Waals surface area contributed by atoms with E-state index in [0.29, 0.717) is 6.54 Å². The van der Waals surface area contributed by atoms with Gasteiger partial charge in [0.2, 0.25) is 5.91 Å². The van der Waals surface area contributed by atoms with Crippen LogP contribution in [0.25, 0.3) is 0 Å². The minimum Gasteiger partial charge on any atom is -0.368 e. The van der Waals surface area contributed by atoms with Crippen LogP contribution in [0.3, 0.4) is 0 Å². The predicted octanol–water partition coefficient (Wildman–Crippen LogP) is 1.30. The minimum absolute atomic E-state index is 0.188. The summed E-state index contributed by atoms with van der Waals surface area (Å²) in [6.45, 7) is 3.41. The van der Waals surface area contributed by atoms with Gasteiger partial charge < -0.3 is 16.4 Å². The first kappa shape index (κ1) is 12.9. The highest BCUT2D eigenvalue weighted by Gasteiger charge is 2.28. The summed E-state index contributed by atoms with van der Waals surface area (Å²) in [4.78, 5) is 13.7. The van der Waals surface area contributed by atoms with Crippen LogP contribution in [0.2, 0.25) is 0 Å². The summed E-state index contributed by atoms with van der Waals surface area (Å²) in [5.74, 6) is -0.238. The number of primary amides is 1. The Morgan fingerprint density at radius 3 is 2.89 bits per heavy atom. The van der Waals surface area contributed by atoms with E-state index in [0.717, 1.165) is 37.1 Å². The van der Waals surface area contributed by atoms with Crippen molar-refractivity contribution >= 4 is 11.6 Å². The molecule has 1 aromatic rings. The number of aryl methyl sites for hydroxylation is 1. The Labute approximate surface area is 108 Å². The highest BCUT2D eigenvalue weighted by Crippen LogP contribution is 2.28. The number of hydrogen-bond acceptors (Lipinski definition) is 3. The molecule has 4 nitrogen and oxygen atoms in total. The lowest BCUT2D eigenvalue weighted by Gasteiger charge is -2.36. The molecule has 0 radical (unpaired) electrons. The second-order valence-electron chi connectivity index (χ2n) is 4.94. The number of hydrogen-bond donors (Lipinski definition) is 2. The SMILES string of the molecule is Cc1ccc(N2CCCCC2C(N)=O)c(CN)c1. The van der Waals surface area contributed by atoms with Crippen molar-refractivity contribution in [3.63, 3.8) is 0 Å². The van der Waals surface area contributed by atoms with E-state index >= 15 is 0 Å². The molecule has 1 atom stereocenters. The second kappa shape index (κ2) is 5.40. The van der Waals surface area contributed by atoms with Crippen molar-refractivity contribution in [1.82, 2.24) is 0 Å². The van der Waals surface area contributed by atoms with Crippen LogP contribution in [0.15, 0.2) is 18.2 Å². The number of piperidine rings is 1. The number of amides is 1. The highest BCUT2D eigenvalue weighted by molar-refractivity contribution is 5.84. The van der Waals surface area contributed by atoms with E-state index < -0.39 is 0 Å². The zero-order chi connectivity index (χ0) is 13.1. The molecule has 4 heteroatoms. The molecule has 0 aliphatic carbocycles. The molecule has 1 unspecified atom stereocenters. The van der Waals surface area contributed by atoms with Crippen LogP contribution in [-0.2, 0) is 11.3 Å². The monoisotopic (exact) mass is 247 g/mol. The molecule has 0 spiro atoms. The molecule has 98 valence electrons. The number of carbonyl (C=O) groups excluding carboxylic acids is 1. The summed E-state index contributed by atoms with van der Waals surface area (Å²) in [5, 5.41) is 0. The van der Waals surface area contributed by atoms with Crippen LogP contribution < -0.4 is 16.4 Å². The maximum absolute atomic E-state index is 11.6. The fourth-order valence-electron chi connectivity index (χ4n) is 2.67. The van der Waals surface area contributed by atoms with Crippen LogP contribution in [0.4, 0.5) is 5.69 Å². The lowest BCUT2D eigenvalue weighted by Crippen LogP contribution is -2.48. The van der Waals surface area contributed by atoms with Gasteiger partial charge in [0, 0.05) is 18.8 Å². The third-order valence-corrected chi connectivity index (χ3v) is 3.60. The number of anilines is 1. The summed E-state index contributed by atoms with van der Waals surface area (Å²) in [6, 6.07) is 6.01. The summed E-state index contributed by atoms with van der Waals surface area (Å²) < 4.78 is 0. The normalized spacial score (nSPS) is 19.9. The maximum Gasteiger partial charge on any atom is 0.240 e. The van der Waals surface area contributed by atoms with Gasteiger partial charge in [0.1, 0.15) is 6.04 Å². The number of nitrogens with zero attached hydrogens (tertiary/aromatic N) is 1. The molecule has 2 rings (SSSR count). The van der Waals surface area contributed by atoms with Gasteiger partial charge in [-0.1, -0.05) is 17.7 Å². The largest absolute Gasteiger partial charge is 0.368 e. The molecule has 1 aliphatic heterocycles. The summed E-state index contributed by atoms with van der Waals surface area (Å²) >= 11 is 0. The summed E-state index contributed by atoms with van der Waals surface area (Å²) in [7, 11) is 0. The second-order valence-corrected chi connectivity index (χ2v) is 4.94. The van der Waals surface area contributed by atoms with E-state index in [1.54, 1.807) is 0 Å². The first-order valence-corrected chi connectivity index (χ1v) is 6.49. The summed E-state index contributed by atoms with van der Waals surface area (Å²) in [5.41, 5.74) is 14.6. The van der Waals surface area contributed by atoms with Gasteiger partial charge in [0.15, 0.2) is 0 Å². The molecule has 0 bridgehead atoms. The number of nitrogens with two attached hydrogens (primary N) is 2. The van der Waals surface area contributed by atoms with Gasteiger partial charge in [-0.3, -0.25) is 4.79 Å². The predicted molar refractivity (Wildman–Crippen MR) is 73.2 cm³/mol. The smallest absolute Gasteiger partial charge is 0.240 e. The Bertz CT molecular complexity index is 445. The molecule has 0 aromatic heterocycles. The third kappa shape index (κ3) is 2.48. The Kier molecular flexibility index (Phi) is 3.87. The molecular weight excluding hydrogens is 226 g/mol. The third-order valence-electron chi connectivity index (χ3n) is 3.60. The van der Waals surface area contributed by atoms with Gasteiger partial charge >= 0.3 is 0 Å². The Balaban J connectivity index is 2.36. The Morgan fingerprint density at radius 1 is 1.44 bits per heavy atom. The molecule has 1 saturated heterocycles. The maximum atomic E-state index is 11.6. The number of benzene rings is 1. The zero-order valence-corrected chi connectivity index (χ0v) is 10.9. The van der Waals surface area contributed by atoms with Crippen LogP contribution in [-0.4, -0.2) is 18.5 Å². The minimum atomic E-state index is -0.238. The molecule has 1 fully saturated rings. The van der Waals surface area contributed by atoms with Crippen molar-refractivity contribution < 1.29 is 4.79 Å². The van der Waals surface area contributed by atoms with E-state index in [4.69, 9.17) is 11.5 Å². The van der Waals surface area contributed by atoms with Gasteiger partial charge in [0.05, 0.1) is 0 Å². The lowest BCUT2D eigenvalue weighted by molar-refractivity contribution is -0.119. The molecular formula is C14H21N3O. The van der Waals surface area contributed by atoms with Crippen molar-refractivity contribution in [1.29, 1.82) is 0 Å². The zero-order valence-electron chi connectivity index (χ0n) is 10.9. The van der Waals surface area contributed by atoms with Crippen molar-refractivity contribution in [2.75, 3.05) is 11.4 Å². The van der Waals surface area contributed by atoms with E-state index in [1.807, 2.05) is 6.92 Å². The van der Waals surface area contributed by atoms with Crippen LogP contribution in [0.5, 0.6) is 0 Å². The number of carbonyl (C=O) groups is 1. The van der Waals surface area contributed by atoms with E-state index in [1.165, 1.54) is 5.56 Å². The molecule has 1 amide bonds. The molecule has 18 heavy (non-hydrogen) atoms. The fourth-order valence-corrected chi connectivity index (χ4v) is 2.67. The first-order valence-electron chi connectivity index (χ1n) is 6.49. The van der Waals surface area contributed by atoms with Crippen LogP contribution in [0, 0.1) is 6.92 Å². The molecule has 0 saturated carbocycles. The molecule has 1 heterocycles. The van der Waals surface area contributed by atoms with Crippen molar-refractivity contribution in [3.05, 3.63) is 29.3 Å². The van der Waals surface area contributed by atoms with Gasteiger partial charge in [-0.2, -0.15) is 0 Å². The lowest BCUT2D eigenvalue weighted by atomic mass is 9.98. The fraction of sp³-hybridized carbons (Fsp3) is 0.500. The topological polar surface area (TPSA) is 72.3 Å². The van der Waals surface area contributed by atoms with Gasteiger partial charge in [0.25, 0.3) is 0 Å². The van der Waals surface area contributed by atoms with Gasteiger partial charge in [-0.05, 0) is 37.8 Å². The van der Waals surface area contributed by atoms with E-state index in [2.05, 4.69) is 23.1 Å². The number of rotatable bonds is 3. The van der Waals surface area contributed by atoms with E-state index in [9.17, 15) is 4.79 Å². The summed E-state index contributed by atoms with van der Waals surface area (Å²) in [6.07, 6.45) is 3.00. The van der Waals surface area contributed by atoms with Gasteiger partial charge in [-0.25, -0.2) is 0 Å². The quantitative estimate of drug-likeness (QED) is 0.845. The van der Waals surface area contributed by atoms with Gasteiger partial charge in [-0.15, -0.1) is 0 Å². The van der Waals surface area contributed by atoms with Crippen molar-refractivity contribution in [2.45, 2.75) is 38.8 Å². The highest BCUT2D eigenvalue weighted by atomic mass is 16.1. The molecule has 4 N–H and O–H groups in total. The standard InChI is InChI=1S/C14H21N3O/c1-10-5-6-12(11(8-10)9-15)17-7-3-2-4-13(17)14(16)18/h5-6,8,13H,2-4,7,9,15H2,1H3,(H2,16,18). The van der Waals surface area contributed by atoms with Crippen LogP contribution >= 0.6 is 0 Å². The molecule has 1 aromatic carbocycles. The first-order chi connectivity index (χ1) is 8.63. The van der Waals surface area contributed by atoms with E-state index in [-0.39, 0.29) is 11.9 Å². The molecule has 1 aliphatic rings. The Morgan fingerprint density at radius 2 is 2.22 bits per heavy atom.